The van der Waals surface area contributed by atoms with Crippen LogP contribution in [0, 0.1) is 0 Å². The Hall–Kier alpha value is -0.610. The van der Waals surface area contributed by atoms with E-state index >= 15 is 0 Å². The van der Waals surface area contributed by atoms with Crippen LogP contribution in [0.1, 0.15) is 27.2 Å². The smallest absolute Gasteiger partial charge is 0.308 e. The predicted molar refractivity (Wildman–Crippen MR) is 53.1 cm³/mol. The molecule has 1 heterocycles. The van der Waals surface area contributed by atoms with E-state index in [-0.39, 0.29) is 17.6 Å². The molecule has 1 rings (SSSR count). The zero-order chi connectivity index (χ0) is 10.6. The number of hydrogen-bond donors (Lipinski definition) is 1. The highest BCUT2D eigenvalue weighted by atomic mass is 16.5. The fourth-order valence-electron chi connectivity index (χ4n) is 1.36. The molecule has 1 saturated heterocycles. The van der Waals surface area contributed by atoms with Gasteiger partial charge in [-0.05, 0) is 20.8 Å². The van der Waals surface area contributed by atoms with Gasteiger partial charge in [-0.2, -0.15) is 0 Å². The standard InChI is InChI=1S/C10H19NO3/c1-4-13-9(12)5-8-6-11-10(2,3)7-14-8/h8,11H,4-7H2,1-3H3. The molecule has 0 aromatic rings. The van der Waals surface area contributed by atoms with Crippen molar-refractivity contribution in [2.75, 3.05) is 19.8 Å². The molecule has 1 fully saturated rings. The lowest BCUT2D eigenvalue weighted by Crippen LogP contribution is -2.53. The molecule has 0 bridgehead atoms. The Balaban J connectivity index is 2.25. The number of hydrogen-bond acceptors (Lipinski definition) is 4. The minimum atomic E-state index is -0.181. The van der Waals surface area contributed by atoms with Crippen molar-refractivity contribution in [3.05, 3.63) is 0 Å². The number of ether oxygens (including phenoxy) is 2. The van der Waals surface area contributed by atoms with Gasteiger partial charge >= 0.3 is 5.97 Å². The van der Waals surface area contributed by atoms with Crippen LogP contribution in [0.2, 0.25) is 0 Å². The van der Waals surface area contributed by atoms with E-state index in [0.29, 0.717) is 26.2 Å². The van der Waals surface area contributed by atoms with Gasteiger partial charge in [0.1, 0.15) is 0 Å². The molecule has 0 aromatic carbocycles. The Morgan fingerprint density at radius 1 is 1.64 bits per heavy atom. The third kappa shape index (κ3) is 3.64. The van der Waals surface area contributed by atoms with Crippen molar-refractivity contribution in [2.24, 2.45) is 0 Å². The van der Waals surface area contributed by atoms with Crippen molar-refractivity contribution in [2.45, 2.75) is 38.8 Å². The van der Waals surface area contributed by atoms with Crippen molar-refractivity contribution >= 4 is 5.97 Å². The fraction of sp³-hybridized carbons (Fsp3) is 0.900. The van der Waals surface area contributed by atoms with E-state index in [1.54, 1.807) is 6.92 Å². The normalized spacial score (nSPS) is 25.8. The summed E-state index contributed by atoms with van der Waals surface area (Å²) in [5, 5.41) is 3.32. The topological polar surface area (TPSA) is 47.6 Å². The lowest BCUT2D eigenvalue weighted by atomic mass is 10.0. The largest absolute Gasteiger partial charge is 0.466 e. The van der Waals surface area contributed by atoms with Crippen LogP contribution in [0.4, 0.5) is 0 Å². The Kier molecular flexibility index (Phi) is 3.89. The Morgan fingerprint density at radius 2 is 2.36 bits per heavy atom. The van der Waals surface area contributed by atoms with E-state index in [0.717, 1.165) is 0 Å². The second kappa shape index (κ2) is 4.75. The zero-order valence-corrected chi connectivity index (χ0v) is 9.13. The van der Waals surface area contributed by atoms with Gasteiger partial charge in [-0.1, -0.05) is 0 Å². The maximum Gasteiger partial charge on any atom is 0.308 e. The molecule has 0 saturated carbocycles. The summed E-state index contributed by atoms with van der Waals surface area (Å²) in [6.45, 7) is 7.75. The van der Waals surface area contributed by atoms with Crippen LogP contribution >= 0.6 is 0 Å². The van der Waals surface area contributed by atoms with Gasteiger partial charge in [-0.3, -0.25) is 4.79 Å². The molecule has 1 atom stereocenters. The predicted octanol–water partition coefficient (Wildman–Crippen LogP) is 0.707. The monoisotopic (exact) mass is 201 g/mol. The summed E-state index contributed by atoms with van der Waals surface area (Å²) < 4.78 is 10.4. The van der Waals surface area contributed by atoms with E-state index in [9.17, 15) is 4.79 Å². The Bertz CT molecular complexity index is 194. The molecule has 1 aliphatic rings. The molecule has 0 spiro atoms. The molecule has 0 radical (unpaired) electrons. The molecule has 0 aliphatic carbocycles. The van der Waals surface area contributed by atoms with E-state index in [2.05, 4.69) is 19.2 Å². The number of morpholine rings is 1. The van der Waals surface area contributed by atoms with Gasteiger partial charge in [0.15, 0.2) is 0 Å². The van der Waals surface area contributed by atoms with Gasteiger partial charge in [-0.25, -0.2) is 0 Å². The average Bonchev–Trinajstić information content (AvgIpc) is 2.09. The highest BCUT2D eigenvalue weighted by Crippen LogP contribution is 2.13. The SMILES string of the molecule is CCOC(=O)CC1CNC(C)(C)CO1. The summed E-state index contributed by atoms with van der Waals surface area (Å²) >= 11 is 0. The van der Waals surface area contributed by atoms with Gasteiger partial charge in [0.2, 0.25) is 0 Å². The highest BCUT2D eigenvalue weighted by molar-refractivity contribution is 5.69. The number of rotatable bonds is 3. The Morgan fingerprint density at radius 3 is 2.86 bits per heavy atom. The van der Waals surface area contributed by atoms with E-state index in [1.165, 1.54) is 0 Å². The van der Waals surface area contributed by atoms with Gasteiger partial charge < -0.3 is 14.8 Å². The van der Waals surface area contributed by atoms with E-state index in [4.69, 9.17) is 9.47 Å². The summed E-state index contributed by atoms with van der Waals surface area (Å²) in [4.78, 5) is 11.1. The lowest BCUT2D eigenvalue weighted by Gasteiger charge is -2.35. The van der Waals surface area contributed by atoms with Crippen molar-refractivity contribution in [3.63, 3.8) is 0 Å². The zero-order valence-electron chi connectivity index (χ0n) is 9.13. The van der Waals surface area contributed by atoms with Gasteiger partial charge in [0, 0.05) is 12.1 Å². The number of esters is 1. The quantitative estimate of drug-likeness (QED) is 0.683. The second-order valence-electron chi connectivity index (χ2n) is 4.21. The van der Waals surface area contributed by atoms with Gasteiger partial charge in [0.25, 0.3) is 0 Å². The van der Waals surface area contributed by atoms with Gasteiger partial charge in [0.05, 0.1) is 25.7 Å². The minimum absolute atomic E-state index is 0.0190. The van der Waals surface area contributed by atoms with Crippen molar-refractivity contribution in [1.29, 1.82) is 0 Å². The van der Waals surface area contributed by atoms with Crippen LogP contribution in [-0.4, -0.2) is 37.4 Å². The lowest BCUT2D eigenvalue weighted by molar-refractivity contribution is -0.147. The molecule has 1 N–H and O–H groups in total. The third-order valence-electron chi connectivity index (χ3n) is 2.19. The molecular weight excluding hydrogens is 182 g/mol. The van der Waals surface area contributed by atoms with E-state index in [1.807, 2.05) is 0 Å². The van der Waals surface area contributed by atoms with Crippen LogP contribution in [0.3, 0.4) is 0 Å². The molecule has 82 valence electrons. The van der Waals surface area contributed by atoms with Crippen molar-refractivity contribution < 1.29 is 14.3 Å². The van der Waals surface area contributed by atoms with Crippen LogP contribution in [-0.2, 0) is 14.3 Å². The number of carbonyl (C=O) groups is 1. The molecule has 1 unspecified atom stereocenters. The molecular formula is C10H19NO3. The number of nitrogens with one attached hydrogen (secondary N) is 1. The molecule has 1 aliphatic heterocycles. The first-order valence-corrected chi connectivity index (χ1v) is 5.06. The molecule has 4 nitrogen and oxygen atoms in total. The molecule has 4 heteroatoms. The van der Waals surface area contributed by atoms with Crippen LogP contribution in [0.15, 0.2) is 0 Å². The Labute approximate surface area is 85.0 Å². The minimum Gasteiger partial charge on any atom is -0.466 e. The van der Waals surface area contributed by atoms with E-state index < -0.39 is 0 Å². The molecule has 0 aromatic heterocycles. The molecule has 0 amide bonds. The summed E-state index contributed by atoms with van der Waals surface area (Å²) in [6, 6.07) is 0. The summed E-state index contributed by atoms with van der Waals surface area (Å²) in [7, 11) is 0. The van der Waals surface area contributed by atoms with Crippen LogP contribution in [0.5, 0.6) is 0 Å². The molecule has 14 heavy (non-hydrogen) atoms. The number of carbonyl (C=O) groups excluding carboxylic acids is 1. The highest BCUT2D eigenvalue weighted by Gasteiger charge is 2.28. The summed E-state index contributed by atoms with van der Waals surface area (Å²) in [5.41, 5.74) is 0.0190. The first-order chi connectivity index (χ1) is 6.53. The summed E-state index contributed by atoms with van der Waals surface area (Å²) in [5.74, 6) is -0.181. The first kappa shape index (κ1) is 11.5. The summed E-state index contributed by atoms with van der Waals surface area (Å²) in [6.07, 6.45) is 0.304. The van der Waals surface area contributed by atoms with Crippen LogP contribution in [0.25, 0.3) is 0 Å². The average molecular weight is 201 g/mol. The van der Waals surface area contributed by atoms with Crippen molar-refractivity contribution in [3.8, 4) is 0 Å². The maximum atomic E-state index is 11.1. The first-order valence-electron chi connectivity index (χ1n) is 5.06. The fourth-order valence-corrected chi connectivity index (χ4v) is 1.36. The van der Waals surface area contributed by atoms with Crippen molar-refractivity contribution in [1.82, 2.24) is 5.32 Å². The van der Waals surface area contributed by atoms with Crippen LogP contribution < -0.4 is 5.32 Å². The third-order valence-corrected chi connectivity index (χ3v) is 2.19. The second-order valence-corrected chi connectivity index (χ2v) is 4.21. The maximum absolute atomic E-state index is 11.1. The van der Waals surface area contributed by atoms with Gasteiger partial charge in [-0.15, -0.1) is 0 Å².